The summed E-state index contributed by atoms with van der Waals surface area (Å²) in [5.41, 5.74) is 2.79. The van der Waals surface area contributed by atoms with E-state index in [0.29, 0.717) is 48.2 Å². The van der Waals surface area contributed by atoms with Crippen LogP contribution in [0.3, 0.4) is 0 Å². The van der Waals surface area contributed by atoms with Crippen LogP contribution in [0.2, 0.25) is 0 Å². The number of nitrogens with zero attached hydrogens (tertiary/aromatic N) is 4. The number of carbonyl (C=O) groups excluding carboxylic acids is 1. The van der Waals surface area contributed by atoms with E-state index in [9.17, 15) is 13.4 Å². The van der Waals surface area contributed by atoms with Crippen LogP contribution >= 0.6 is 0 Å². The van der Waals surface area contributed by atoms with Crippen LogP contribution < -0.4 is 0 Å². The van der Waals surface area contributed by atoms with E-state index in [4.69, 9.17) is 4.74 Å². The van der Waals surface area contributed by atoms with E-state index in [-0.39, 0.29) is 11.7 Å². The standard InChI is InChI=1S/C24H21FN4O3S/c1-33(31)22-15-29(24-26-13-18(14-27-24)16-2-5-19(25)6-3-16)21-12-17(4-7-20(21)22)23(30)28-8-10-32-11-9-28/h2-7,12-15H,8-11H2,1H3. The van der Waals surface area contributed by atoms with Gasteiger partial charge in [0.1, 0.15) is 5.82 Å². The highest BCUT2D eigenvalue weighted by Gasteiger charge is 2.21. The number of hydrogen-bond donors (Lipinski definition) is 0. The Morgan fingerprint density at radius 1 is 1.03 bits per heavy atom. The van der Waals surface area contributed by atoms with Gasteiger partial charge in [0.05, 0.1) is 34.4 Å². The Labute approximate surface area is 192 Å². The lowest BCUT2D eigenvalue weighted by atomic mass is 10.1. The molecule has 0 N–H and O–H groups in total. The van der Waals surface area contributed by atoms with E-state index in [1.54, 1.807) is 58.6 Å². The first-order chi connectivity index (χ1) is 16.0. The molecule has 0 saturated carbocycles. The van der Waals surface area contributed by atoms with Crippen molar-refractivity contribution in [1.29, 1.82) is 0 Å². The average molecular weight is 465 g/mol. The zero-order valence-corrected chi connectivity index (χ0v) is 18.7. The van der Waals surface area contributed by atoms with E-state index < -0.39 is 10.8 Å². The Hall–Kier alpha value is -3.43. The lowest BCUT2D eigenvalue weighted by Crippen LogP contribution is -2.40. The van der Waals surface area contributed by atoms with Gasteiger partial charge >= 0.3 is 0 Å². The topological polar surface area (TPSA) is 77.3 Å². The molecule has 1 amide bonds. The molecule has 1 aliphatic rings. The maximum atomic E-state index is 13.2. The van der Waals surface area contributed by atoms with Gasteiger partial charge in [0.15, 0.2) is 0 Å². The van der Waals surface area contributed by atoms with Crippen LogP contribution in [0.4, 0.5) is 4.39 Å². The maximum absolute atomic E-state index is 13.2. The van der Waals surface area contributed by atoms with Gasteiger partial charge in [-0.15, -0.1) is 0 Å². The van der Waals surface area contributed by atoms with E-state index in [1.807, 2.05) is 6.07 Å². The summed E-state index contributed by atoms with van der Waals surface area (Å²) in [4.78, 5) is 24.4. The first kappa shape index (κ1) is 21.4. The molecule has 4 aromatic rings. The SMILES string of the molecule is CS(=O)c1cn(-c2ncc(-c3ccc(F)cc3)cn2)c2cc(C(=O)N3CCOCC3)ccc12. The minimum atomic E-state index is -1.24. The lowest BCUT2D eigenvalue weighted by Gasteiger charge is -2.26. The zero-order valence-electron chi connectivity index (χ0n) is 17.9. The monoisotopic (exact) mass is 464 g/mol. The van der Waals surface area contributed by atoms with E-state index >= 15 is 0 Å². The predicted molar refractivity (Wildman–Crippen MR) is 123 cm³/mol. The number of ether oxygens (including phenoxy) is 1. The Balaban J connectivity index is 1.55. The van der Waals surface area contributed by atoms with Crippen molar-refractivity contribution in [2.45, 2.75) is 4.90 Å². The minimum Gasteiger partial charge on any atom is -0.378 e. The van der Waals surface area contributed by atoms with Crippen molar-refractivity contribution in [1.82, 2.24) is 19.4 Å². The number of rotatable bonds is 4. The molecule has 1 saturated heterocycles. The van der Waals surface area contributed by atoms with Gasteiger partial charge in [0, 0.05) is 54.4 Å². The van der Waals surface area contributed by atoms with Crippen LogP contribution in [-0.2, 0) is 15.5 Å². The summed E-state index contributed by atoms with van der Waals surface area (Å²) >= 11 is 0. The Kier molecular flexibility index (Phi) is 5.74. The second-order valence-corrected chi connectivity index (χ2v) is 9.08. The van der Waals surface area contributed by atoms with Gasteiger partial charge in [-0.25, -0.2) is 14.4 Å². The van der Waals surface area contributed by atoms with E-state index in [2.05, 4.69) is 9.97 Å². The van der Waals surface area contributed by atoms with Crippen molar-refractivity contribution in [2.75, 3.05) is 32.6 Å². The van der Waals surface area contributed by atoms with Crippen molar-refractivity contribution in [3.63, 3.8) is 0 Å². The molecule has 0 spiro atoms. The normalized spacial score (nSPS) is 15.0. The van der Waals surface area contributed by atoms with Crippen molar-refractivity contribution >= 4 is 27.6 Å². The number of benzene rings is 2. The van der Waals surface area contributed by atoms with Crippen LogP contribution in [0.15, 0.2) is 66.0 Å². The fraction of sp³-hybridized carbons (Fsp3) is 0.208. The molecule has 9 heteroatoms. The van der Waals surface area contributed by atoms with E-state index in [1.165, 1.54) is 12.1 Å². The molecular formula is C24H21FN4O3S. The van der Waals surface area contributed by atoms with Gasteiger partial charge < -0.3 is 9.64 Å². The third-order valence-electron chi connectivity index (χ3n) is 5.66. The third-order valence-corrected chi connectivity index (χ3v) is 6.60. The molecule has 7 nitrogen and oxygen atoms in total. The summed E-state index contributed by atoms with van der Waals surface area (Å²) in [6, 6.07) is 11.5. The summed E-state index contributed by atoms with van der Waals surface area (Å²) in [5.74, 6) is 0.0101. The minimum absolute atomic E-state index is 0.0697. The first-order valence-corrected chi connectivity index (χ1v) is 12.0. The molecule has 3 heterocycles. The highest BCUT2D eigenvalue weighted by atomic mass is 32.2. The van der Waals surface area contributed by atoms with Crippen LogP contribution in [0.25, 0.3) is 28.0 Å². The number of fused-ring (bicyclic) bond motifs is 1. The molecule has 0 bridgehead atoms. The van der Waals surface area contributed by atoms with Gasteiger partial charge in [-0.05, 0) is 29.8 Å². The number of hydrogen-bond acceptors (Lipinski definition) is 5. The second-order valence-electron chi connectivity index (χ2n) is 7.73. The molecule has 5 rings (SSSR count). The largest absolute Gasteiger partial charge is 0.378 e. The summed E-state index contributed by atoms with van der Waals surface area (Å²) in [6.45, 7) is 2.15. The summed E-state index contributed by atoms with van der Waals surface area (Å²) in [5, 5.41) is 0.778. The van der Waals surface area contributed by atoms with Crippen molar-refractivity contribution in [2.24, 2.45) is 0 Å². The molecular weight excluding hydrogens is 443 g/mol. The zero-order chi connectivity index (χ0) is 22.9. The van der Waals surface area contributed by atoms with Crippen LogP contribution in [-0.4, -0.2) is 62.1 Å². The molecule has 2 aromatic carbocycles. The van der Waals surface area contributed by atoms with Gasteiger partial charge in [-0.2, -0.15) is 0 Å². The van der Waals surface area contributed by atoms with Crippen molar-refractivity contribution < 1.29 is 18.1 Å². The number of morpholine rings is 1. The van der Waals surface area contributed by atoms with Crippen LogP contribution in [0.1, 0.15) is 10.4 Å². The Bertz CT molecular complexity index is 1350. The Morgan fingerprint density at radius 2 is 1.73 bits per heavy atom. The number of amides is 1. The number of aromatic nitrogens is 3. The van der Waals surface area contributed by atoms with Crippen molar-refractivity contribution in [3.8, 4) is 17.1 Å². The van der Waals surface area contributed by atoms with Gasteiger partial charge in [-0.3, -0.25) is 13.6 Å². The molecule has 33 heavy (non-hydrogen) atoms. The van der Waals surface area contributed by atoms with Gasteiger partial charge in [0.2, 0.25) is 5.95 Å². The van der Waals surface area contributed by atoms with Crippen LogP contribution in [0.5, 0.6) is 0 Å². The quantitative estimate of drug-likeness (QED) is 0.463. The molecule has 1 fully saturated rings. The molecule has 1 unspecified atom stereocenters. The number of carbonyl (C=O) groups is 1. The van der Waals surface area contributed by atoms with Crippen molar-refractivity contribution in [3.05, 3.63) is 72.4 Å². The molecule has 0 radical (unpaired) electrons. The fourth-order valence-corrected chi connectivity index (χ4v) is 4.65. The smallest absolute Gasteiger partial charge is 0.254 e. The van der Waals surface area contributed by atoms with Crippen LogP contribution in [0, 0.1) is 5.82 Å². The Morgan fingerprint density at radius 3 is 2.39 bits per heavy atom. The molecule has 0 aliphatic carbocycles. The molecule has 1 aliphatic heterocycles. The fourth-order valence-electron chi connectivity index (χ4n) is 3.91. The van der Waals surface area contributed by atoms with E-state index in [0.717, 1.165) is 16.5 Å². The number of halogens is 1. The highest BCUT2D eigenvalue weighted by molar-refractivity contribution is 7.84. The average Bonchev–Trinajstić information content (AvgIpc) is 3.24. The van der Waals surface area contributed by atoms with Gasteiger partial charge in [-0.1, -0.05) is 18.2 Å². The predicted octanol–water partition coefficient (Wildman–Crippen LogP) is 3.44. The highest BCUT2D eigenvalue weighted by Crippen LogP contribution is 2.28. The first-order valence-electron chi connectivity index (χ1n) is 10.5. The summed E-state index contributed by atoms with van der Waals surface area (Å²) < 4.78 is 32.7. The summed E-state index contributed by atoms with van der Waals surface area (Å²) in [7, 11) is -1.24. The lowest BCUT2D eigenvalue weighted by molar-refractivity contribution is 0.0303. The second kappa shape index (κ2) is 8.84. The van der Waals surface area contributed by atoms with Gasteiger partial charge in [0.25, 0.3) is 5.91 Å². The third kappa shape index (κ3) is 4.17. The summed E-state index contributed by atoms with van der Waals surface area (Å²) in [6.07, 6.45) is 6.68. The molecule has 2 aromatic heterocycles. The molecule has 168 valence electrons. The molecule has 1 atom stereocenters. The maximum Gasteiger partial charge on any atom is 0.254 e.